The number of phosphoric acid groups is 1. The SMILES string of the molecule is Cc1c(C(N)=O)c(-c2ccc(O)cc2)c(CC2CCCCC2)n1CCOP(=O)(O)O. The third kappa shape index (κ3) is 5.32. The summed E-state index contributed by atoms with van der Waals surface area (Å²) in [7, 11) is -4.59. The molecule has 1 amide bonds. The summed E-state index contributed by atoms with van der Waals surface area (Å²) in [6.07, 6.45) is 6.50. The molecule has 0 bridgehead atoms. The number of benzene rings is 1. The van der Waals surface area contributed by atoms with Crippen molar-refractivity contribution in [1.29, 1.82) is 0 Å². The van der Waals surface area contributed by atoms with Crippen LogP contribution in [0, 0.1) is 12.8 Å². The van der Waals surface area contributed by atoms with Gasteiger partial charge in [0.25, 0.3) is 5.91 Å². The van der Waals surface area contributed by atoms with Crippen LogP contribution in [-0.4, -0.2) is 32.0 Å². The van der Waals surface area contributed by atoms with Gasteiger partial charge in [-0.25, -0.2) is 4.57 Å². The number of aromatic nitrogens is 1. The van der Waals surface area contributed by atoms with Crippen molar-refractivity contribution >= 4 is 13.7 Å². The normalized spacial score (nSPS) is 15.4. The fraction of sp³-hybridized carbons (Fsp3) is 0.476. The van der Waals surface area contributed by atoms with Gasteiger partial charge in [0, 0.05) is 23.5 Å². The van der Waals surface area contributed by atoms with E-state index in [0.29, 0.717) is 17.2 Å². The summed E-state index contributed by atoms with van der Waals surface area (Å²) in [5, 5.41) is 9.68. The molecule has 30 heavy (non-hydrogen) atoms. The average Bonchev–Trinajstić information content (AvgIpc) is 2.94. The van der Waals surface area contributed by atoms with Crippen LogP contribution < -0.4 is 5.73 Å². The molecule has 1 aliphatic rings. The van der Waals surface area contributed by atoms with Crippen LogP contribution in [0.4, 0.5) is 0 Å². The number of primary amides is 1. The minimum atomic E-state index is -4.59. The van der Waals surface area contributed by atoms with Gasteiger partial charge in [-0.1, -0.05) is 44.2 Å². The Morgan fingerprint density at radius 3 is 2.40 bits per heavy atom. The first kappa shape index (κ1) is 22.6. The molecule has 9 heteroatoms. The number of hydrogen-bond donors (Lipinski definition) is 4. The first-order valence-corrected chi connectivity index (χ1v) is 11.7. The number of phenols is 1. The van der Waals surface area contributed by atoms with E-state index in [9.17, 15) is 14.5 Å². The summed E-state index contributed by atoms with van der Waals surface area (Å²) in [5.41, 5.74) is 9.18. The minimum Gasteiger partial charge on any atom is -0.508 e. The topological polar surface area (TPSA) is 135 Å². The predicted octanol–water partition coefficient (Wildman–Crippen LogP) is 3.50. The van der Waals surface area contributed by atoms with E-state index in [-0.39, 0.29) is 18.9 Å². The lowest BCUT2D eigenvalue weighted by molar-refractivity contribution is 0.0999. The summed E-state index contributed by atoms with van der Waals surface area (Å²) < 4.78 is 17.7. The first-order chi connectivity index (χ1) is 14.2. The highest BCUT2D eigenvalue weighted by molar-refractivity contribution is 7.46. The Kier molecular flexibility index (Phi) is 7.03. The van der Waals surface area contributed by atoms with E-state index in [2.05, 4.69) is 4.52 Å². The molecule has 3 rings (SSSR count). The van der Waals surface area contributed by atoms with E-state index in [1.807, 2.05) is 4.57 Å². The molecule has 1 saturated carbocycles. The van der Waals surface area contributed by atoms with E-state index in [0.717, 1.165) is 36.1 Å². The number of amides is 1. The van der Waals surface area contributed by atoms with Crippen LogP contribution in [0.25, 0.3) is 11.1 Å². The summed E-state index contributed by atoms with van der Waals surface area (Å²) >= 11 is 0. The van der Waals surface area contributed by atoms with Crippen LogP contribution >= 0.6 is 7.82 Å². The van der Waals surface area contributed by atoms with E-state index in [1.54, 1.807) is 31.2 Å². The van der Waals surface area contributed by atoms with Crippen molar-refractivity contribution in [3.05, 3.63) is 41.2 Å². The van der Waals surface area contributed by atoms with Gasteiger partial charge >= 0.3 is 7.82 Å². The maximum absolute atomic E-state index is 12.4. The van der Waals surface area contributed by atoms with E-state index >= 15 is 0 Å². The molecule has 0 atom stereocenters. The summed E-state index contributed by atoms with van der Waals surface area (Å²) in [5.74, 6) is 0.0284. The lowest BCUT2D eigenvalue weighted by Crippen LogP contribution is -2.16. The number of carbonyl (C=O) groups is 1. The number of phosphoric ester groups is 1. The molecule has 164 valence electrons. The molecule has 1 aliphatic carbocycles. The Morgan fingerprint density at radius 1 is 1.20 bits per heavy atom. The van der Waals surface area contributed by atoms with Gasteiger partial charge < -0.3 is 25.2 Å². The molecule has 8 nitrogen and oxygen atoms in total. The van der Waals surface area contributed by atoms with Crippen molar-refractivity contribution in [2.24, 2.45) is 11.7 Å². The third-order valence-corrected chi connectivity index (χ3v) is 6.33. The van der Waals surface area contributed by atoms with Gasteiger partial charge in [0.05, 0.1) is 12.2 Å². The number of hydrogen-bond acceptors (Lipinski definition) is 4. The smallest absolute Gasteiger partial charge is 0.469 e. The number of carbonyl (C=O) groups excluding carboxylic acids is 1. The molecule has 1 fully saturated rings. The highest BCUT2D eigenvalue weighted by Crippen LogP contribution is 2.39. The van der Waals surface area contributed by atoms with Gasteiger partial charge in [-0.3, -0.25) is 9.32 Å². The van der Waals surface area contributed by atoms with Crippen LogP contribution in [0.15, 0.2) is 24.3 Å². The zero-order valence-corrected chi connectivity index (χ0v) is 18.0. The van der Waals surface area contributed by atoms with E-state index in [4.69, 9.17) is 15.5 Å². The number of rotatable bonds is 8. The van der Waals surface area contributed by atoms with Gasteiger partial charge in [0.15, 0.2) is 0 Å². The number of nitrogens with two attached hydrogens (primary N) is 1. The number of phenolic OH excluding ortho intramolecular Hbond substituents is 1. The first-order valence-electron chi connectivity index (χ1n) is 10.2. The fourth-order valence-corrected chi connectivity index (χ4v) is 4.79. The van der Waals surface area contributed by atoms with Crippen molar-refractivity contribution in [1.82, 2.24) is 4.57 Å². The predicted molar refractivity (Wildman–Crippen MR) is 113 cm³/mol. The largest absolute Gasteiger partial charge is 0.508 e. The van der Waals surface area contributed by atoms with E-state index in [1.165, 1.54) is 19.3 Å². The zero-order chi connectivity index (χ0) is 21.9. The van der Waals surface area contributed by atoms with Crippen molar-refractivity contribution in [2.75, 3.05) is 6.61 Å². The molecule has 0 aliphatic heterocycles. The average molecular weight is 436 g/mol. The van der Waals surface area contributed by atoms with Gasteiger partial charge in [0.1, 0.15) is 5.75 Å². The third-order valence-electron chi connectivity index (χ3n) is 5.81. The summed E-state index contributed by atoms with van der Waals surface area (Å²) in [6.45, 7) is 1.79. The van der Waals surface area contributed by atoms with Crippen LogP contribution in [0.1, 0.15) is 53.8 Å². The lowest BCUT2D eigenvalue weighted by atomic mass is 9.84. The van der Waals surface area contributed by atoms with Crippen LogP contribution in [0.5, 0.6) is 5.75 Å². The maximum Gasteiger partial charge on any atom is 0.469 e. The summed E-state index contributed by atoms with van der Waals surface area (Å²) in [4.78, 5) is 30.4. The van der Waals surface area contributed by atoms with Gasteiger partial charge in [-0.15, -0.1) is 0 Å². The Balaban J connectivity index is 2.08. The molecule has 0 unspecified atom stereocenters. The molecule has 1 aromatic heterocycles. The zero-order valence-electron chi connectivity index (χ0n) is 17.1. The van der Waals surface area contributed by atoms with Crippen LogP contribution in [-0.2, 0) is 22.1 Å². The second kappa shape index (κ2) is 9.35. The summed E-state index contributed by atoms with van der Waals surface area (Å²) in [6, 6.07) is 6.62. The van der Waals surface area contributed by atoms with Crippen molar-refractivity contribution in [2.45, 2.75) is 52.0 Å². The van der Waals surface area contributed by atoms with Gasteiger partial charge in [-0.05, 0) is 37.0 Å². The second-order valence-electron chi connectivity index (χ2n) is 7.88. The molecule has 1 aromatic carbocycles. The standard InChI is InChI=1S/C21H29N2O6P/c1-14-19(21(22)25)20(16-7-9-17(24)10-8-16)18(13-15-5-3-2-4-6-15)23(14)11-12-29-30(26,27)28/h7-10,15,24H,2-6,11-13H2,1H3,(H2,22,25)(H2,26,27,28). The monoisotopic (exact) mass is 436 g/mol. The van der Waals surface area contributed by atoms with Crippen molar-refractivity contribution in [3.63, 3.8) is 0 Å². The molecule has 0 spiro atoms. The van der Waals surface area contributed by atoms with Gasteiger partial charge in [0.2, 0.25) is 0 Å². The van der Waals surface area contributed by atoms with Crippen molar-refractivity contribution < 1.29 is 28.8 Å². The highest BCUT2D eigenvalue weighted by atomic mass is 31.2. The Morgan fingerprint density at radius 2 is 1.83 bits per heavy atom. The fourth-order valence-electron chi connectivity index (χ4n) is 4.47. The molecule has 5 N–H and O–H groups in total. The van der Waals surface area contributed by atoms with Gasteiger partial charge in [-0.2, -0.15) is 0 Å². The second-order valence-corrected chi connectivity index (χ2v) is 9.12. The Hall–Kier alpha value is -2.12. The molecule has 2 aromatic rings. The quantitative estimate of drug-likeness (QED) is 0.468. The van der Waals surface area contributed by atoms with Crippen LogP contribution in [0.3, 0.4) is 0 Å². The maximum atomic E-state index is 12.4. The number of aromatic hydroxyl groups is 1. The number of nitrogens with zero attached hydrogens (tertiary/aromatic N) is 1. The molecular weight excluding hydrogens is 407 g/mol. The highest BCUT2D eigenvalue weighted by Gasteiger charge is 2.27. The molecule has 0 radical (unpaired) electrons. The molecule has 1 heterocycles. The van der Waals surface area contributed by atoms with Crippen molar-refractivity contribution in [3.8, 4) is 16.9 Å². The molecular formula is C21H29N2O6P. The molecule has 0 saturated heterocycles. The lowest BCUT2D eigenvalue weighted by Gasteiger charge is -2.23. The van der Waals surface area contributed by atoms with E-state index < -0.39 is 13.7 Å². The Labute approximate surface area is 175 Å². The Bertz CT molecular complexity index is 941. The van der Waals surface area contributed by atoms with Crippen LogP contribution in [0.2, 0.25) is 0 Å². The minimum absolute atomic E-state index is 0.124.